The first-order chi connectivity index (χ1) is 10.2. The normalized spacial score (nSPS) is 28.5. The summed E-state index contributed by atoms with van der Waals surface area (Å²) >= 11 is 0. The molecule has 4 atom stereocenters. The van der Waals surface area contributed by atoms with Gasteiger partial charge in [0.1, 0.15) is 0 Å². The van der Waals surface area contributed by atoms with Gasteiger partial charge in [-0.3, -0.25) is 5.32 Å². The van der Waals surface area contributed by atoms with Crippen molar-refractivity contribution in [2.45, 2.75) is 44.9 Å². The number of unbranched alkanes of at least 4 members (excludes halogenated alkanes) is 1. The lowest BCUT2D eigenvalue weighted by atomic mass is 9.89. The molecule has 0 radical (unpaired) electrons. The van der Waals surface area contributed by atoms with E-state index >= 15 is 0 Å². The van der Waals surface area contributed by atoms with E-state index in [0.717, 1.165) is 37.3 Å². The molecule has 0 aromatic carbocycles. The highest BCUT2D eigenvalue weighted by atomic mass is 16.6. The third-order valence-corrected chi connectivity index (χ3v) is 4.66. The summed E-state index contributed by atoms with van der Waals surface area (Å²) in [6, 6.07) is 0. The van der Waals surface area contributed by atoms with Gasteiger partial charge in [-0.2, -0.15) is 0 Å². The van der Waals surface area contributed by atoms with Crippen LogP contribution in [0.1, 0.15) is 38.5 Å². The van der Waals surface area contributed by atoms with Gasteiger partial charge >= 0.3 is 5.97 Å². The molecule has 0 amide bonds. The molecular weight excluding hydrogens is 270 g/mol. The topological polar surface area (TPSA) is 67.8 Å². The van der Waals surface area contributed by atoms with Crippen molar-refractivity contribution in [1.82, 2.24) is 5.32 Å². The number of aliphatic hydroxyl groups excluding tert-OH is 1. The summed E-state index contributed by atoms with van der Waals surface area (Å²) in [5.74, 6) is 2.09. The van der Waals surface area contributed by atoms with E-state index in [2.05, 4.69) is 11.9 Å². The SMILES string of the molecule is C=CC(=O)OCCCCOC(O)NCC1CC2CCC1C2. The predicted octanol–water partition coefficient (Wildman–Crippen LogP) is 1.81. The van der Waals surface area contributed by atoms with Crippen LogP contribution in [0, 0.1) is 17.8 Å². The van der Waals surface area contributed by atoms with Crippen molar-refractivity contribution in [2.24, 2.45) is 17.8 Å². The van der Waals surface area contributed by atoms with Gasteiger partial charge in [0.05, 0.1) is 13.2 Å². The Morgan fingerprint density at radius 3 is 2.81 bits per heavy atom. The number of hydrogen-bond acceptors (Lipinski definition) is 5. The van der Waals surface area contributed by atoms with Gasteiger partial charge in [-0.15, -0.1) is 0 Å². The van der Waals surface area contributed by atoms with Crippen LogP contribution in [0.2, 0.25) is 0 Å². The van der Waals surface area contributed by atoms with Crippen molar-refractivity contribution < 1.29 is 19.4 Å². The quantitative estimate of drug-likeness (QED) is 0.279. The van der Waals surface area contributed by atoms with Crippen LogP contribution in [0.3, 0.4) is 0 Å². The molecule has 0 heterocycles. The lowest BCUT2D eigenvalue weighted by Crippen LogP contribution is -2.37. The molecule has 5 nitrogen and oxygen atoms in total. The molecule has 2 bridgehead atoms. The molecule has 2 aliphatic rings. The monoisotopic (exact) mass is 297 g/mol. The Balaban J connectivity index is 1.44. The van der Waals surface area contributed by atoms with Gasteiger partial charge in [0, 0.05) is 12.6 Å². The maximum Gasteiger partial charge on any atom is 0.330 e. The molecule has 0 aliphatic heterocycles. The highest BCUT2D eigenvalue weighted by Crippen LogP contribution is 2.47. The number of carbonyl (C=O) groups excluding carboxylic acids is 1. The summed E-state index contributed by atoms with van der Waals surface area (Å²) < 4.78 is 10.1. The Morgan fingerprint density at radius 1 is 1.33 bits per heavy atom. The number of rotatable bonds is 10. The number of aliphatic hydroxyl groups is 1. The molecule has 0 spiro atoms. The van der Waals surface area contributed by atoms with Crippen molar-refractivity contribution >= 4 is 5.97 Å². The van der Waals surface area contributed by atoms with E-state index in [-0.39, 0.29) is 0 Å². The summed E-state index contributed by atoms with van der Waals surface area (Å²) in [6.45, 7) is 4.99. The average molecular weight is 297 g/mol. The minimum Gasteiger partial charge on any atom is -0.463 e. The van der Waals surface area contributed by atoms with Gasteiger partial charge in [0.15, 0.2) is 0 Å². The van der Waals surface area contributed by atoms with E-state index in [0.29, 0.717) is 19.1 Å². The van der Waals surface area contributed by atoms with E-state index in [1.807, 2.05) is 0 Å². The fraction of sp³-hybridized carbons (Fsp3) is 0.812. The second-order valence-electron chi connectivity index (χ2n) is 6.15. The first-order valence-electron chi connectivity index (χ1n) is 8.01. The van der Waals surface area contributed by atoms with Crippen LogP contribution in [-0.2, 0) is 14.3 Å². The Kier molecular flexibility index (Phi) is 6.67. The van der Waals surface area contributed by atoms with Gasteiger partial charge < -0.3 is 14.6 Å². The molecular formula is C16H27NO4. The van der Waals surface area contributed by atoms with Crippen LogP contribution in [0.25, 0.3) is 0 Å². The summed E-state index contributed by atoms with van der Waals surface area (Å²) in [5.41, 5.74) is 0. The fourth-order valence-electron chi connectivity index (χ4n) is 3.57. The highest BCUT2D eigenvalue weighted by Gasteiger charge is 2.39. The molecule has 0 aromatic rings. The smallest absolute Gasteiger partial charge is 0.330 e. The maximum absolute atomic E-state index is 10.8. The van der Waals surface area contributed by atoms with Gasteiger partial charge in [0.25, 0.3) is 0 Å². The zero-order valence-electron chi connectivity index (χ0n) is 12.6. The highest BCUT2D eigenvalue weighted by molar-refractivity contribution is 5.81. The summed E-state index contributed by atoms with van der Waals surface area (Å²) in [6.07, 6.45) is 7.18. The third kappa shape index (κ3) is 5.41. The van der Waals surface area contributed by atoms with E-state index in [1.165, 1.54) is 25.7 Å². The number of esters is 1. The summed E-state index contributed by atoms with van der Waals surface area (Å²) in [7, 11) is 0. The number of ether oxygens (including phenoxy) is 2. The fourth-order valence-corrected chi connectivity index (χ4v) is 3.57. The minimum absolute atomic E-state index is 0.364. The summed E-state index contributed by atoms with van der Waals surface area (Å²) in [5, 5.41) is 12.8. The van der Waals surface area contributed by atoms with Gasteiger partial charge in [-0.1, -0.05) is 13.0 Å². The van der Waals surface area contributed by atoms with E-state index in [9.17, 15) is 9.90 Å². The van der Waals surface area contributed by atoms with E-state index < -0.39 is 12.4 Å². The van der Waals surface area contributed by atoms with Crippen LogP contribution < -0.4 is 5.32 Å². The predicted molar refractivity (Wildman–Crippen MR) is 79.3 cm³/mol. The molecule has 2 rings (SSSR count). The molecule has 2 fully saturated rings. The second kappa shape index (κ2) is 8.51. The van der Waals surface area contributed by atoms with Crippen LogP contribution in [0.5, 0.6) is 0 Å². The molecule has 21 heavy (non-hydrogen) atoms. The number of fused-ring (bicyclic) bond motifs is 2. The molecule has 2 saturated carbocycles. The zero-order chi connectivity index (χ0) is 15.1. The zero-order valence-corrected chi connectivity index (χ0v) is 12.6. The van der Waals surface area contributed by atoms with Crippen molar-refractivity contribution in [2.75, 3.05) is 19.8 Å². The molecule has 2 N–H and O–H groups in total. The van der Waals surface area contributed by atoms with Gasteiger partial charge in [0.2, 0.25) is 6.41 Å². The average Bonchev–Trinajstić information content (AvgIpc) is 3.11. The Morgan fingerprint density at radius 2 is 2.14 bits per heavy atom. The number of carbonyl (C=O) groups is 1. The Labute approximate surface area is 126 Å². The van der Waals surface area contributed by atoms with Gasteiger partial charge in [-0.25, -0.2) is 4.79 Å². The second-order valence-corrected chi connectivity index (χ2v) is 6.15. The largest absolute Gasteiger partial charge is 0.463 e. The Bertz CT molecular complexity index is 347. The summed E-state index contributed by atoms with van der Waals surface area (Å²) in [4.78, 5) is 10.8. The molecule has 4 unspecified atom stereocenters. The first-order valence-corrected chi connectivity index (χ1v) is 8.01. The van der Waals surface area contributed by atoms with Crippen molar-refractivity contribution in [3.63, 3.8) is 0 Å². The molecule has 0 aromatic heterocycles. The Hall–Kier alpha value is -0.910. The molecule has 2 aliphatic carbocycles. The van der Waals surface area contributed by atoms with Crippen LogP contribution in [0.15, 0.2) is 12.7 Å². The van der Waals surface area contributed by atoms with Crippen LogP contribution >= 0.6 is 0 Å². The lowest BCUT2D eigenvalue weighted by molar-refractivity contribution is -0.139. The third-order valence-electron chi connectivity index (χ3n) is 4.66. The van der Waals surface area contributed by atoms with Crippen LogP contribution in [0.4, 0.5) is 0 Å². The number of hydrogen-bond donors (Lipinski definition) is 2. The standard InChI is InChI=1S/C16H27NO4/c1-2-15(18)20-7-3-4-8-21-16(19)17-11-14-10-12-5-6-13(14)9-12/h2,12-14,16-17,19H,1,3-11H2. The van der Waals surface area contributed by atoms with Crippen molar-refractivity contribution in [1.29, 1.82) is 0 Å². The van der Waals surface area contributed by atoms with Crippen molar-refractivity contribution in [3.05, 3.63) is 12.7 Å². The maximum atomic E-state index is 10.8. The van der Waals surface area contributed by atoms with Gasteiger partial charge in [-0.05, 0) is 49.9 Å². The number of nitrogens with one attached hydrogen (secondary N) is 1. The molecule has 0 saturated heterocycles. The van der Waals surface area contributed by atoms with E-state index in [1.54, 1.807) is 0 Å². The van der Waals surface area contributed by atoms with Crippen molar-refractivity contribution in [3.8, 4) is 0 Å². The lowest BCUT2D eigenvalue weighted by Gasteiger charge is -2.23. The molecule has 5 heteroatoms. The minimum atomic E-state index is -0.889. The van der Waals surface area contributed by atoms with E-state index in [4.69, 9.17) is 9.47 Å². The first kappa shape index (κ1) is 16.5. The molecule has 120 valence electrons. The van der Waals surface area contributed by atoms with Crippen LogP contribution in [-0.4, -0.2) is 37.2 Å².